The molecule has 1 fully saturated rings. The fourth-order valence-electron chi connectivity index (χ4n) is 3.27. The highest BCUT2D eigenvalue weighted by Crippen LogP contribution is 2.48. The summed E-state index contributed by atoms with van der Waals surface area (Å²) in [6.45, 7) is 6.34. The van der Waals surface area contributed by atoms with E-state index in [1.165, 1.54) is 11.1 Å². The van der Waals surface area contributed by atoms with Gasteiger partial charge in [-0.2, -0.15) is 0 Å². The van der Waals surface area contributed by atoms with Crippen LogP contribution in [0.5, 0.6) is 0 Å². The molecule has 0 aromatic heterocycles. The molecule has 2 aromatic rings. The van der Waals surface area contributed by atoms with Gasteiger partial charge in [0.15, 0.2) is 11.6 Å². The quantitative estimate of drug-likeness (QED) is 0.680. The molecule has 0 radical (unpaired) electrons. The highest BCUT2D eigenvalue weighted by Gasteiger charge is 2.54. The molecule has 2 heteroatoms. The number of ketones is 2. The van der Waals surface area contributed by atoms with Gasteiger partial charge in [0.05, 0.1) is 5.41 Å². The minimum absolute atomic E-state index is 0.0835. The Morgan fingerprint density at radius 1 is 0.840 bits per heavy atom. The van der Waals surface area contributed by atoms with Crippen LogP contribution in [-0.4, -0.2) is 11.6 Å². The van der Waals surface area contributed by atoms with Crippen LogP contribution in [0.15, 0.2) is 48.5 Å². The molecule has 0 saturated heterocycles. The average molecular weight is 334 g/mol. The van der Waals surface area contributed by atoms with E-state index < -0.39 is 5.41 Å². The first-order chi connectivity index (χ1) is 11.9. The molecule has 0 spiro atoms. The Bertz CT molecular complexity index is 763. The van der Waals surface area contributed by atoms with Crippen molar-refractivity contribution in [2.24, 2.45) is 5.41 Å². The van der Waals surface area contributed by atoms with Gasteiger partial charge in [-0.1, -0.05) is 67.9 Å². The molecular formula is C23H26O2. The van der Waals surface area contributed by atoms with Crippen molar-refractivity contribution in [3.8, 4) is 0 Å². The summed E-state index contributed by atoms with van der Waals surface area (Å²) in [5, 5.41) is 0. The lowest BCUT2D eigenvalue weighted by Gasteiger charge is -2.14. The third kappa shape index (κ3) is 3.89. The molecule has 1 saturated carbocycles. The van der Waals surface area contributed by atoms with Crippen molar-refractivity contribution in [1.29, 1.82) is 0 Å². The first kappa shape index (κ1) is 17.6. The van der Waals surface area contributed by atoms with Gasteiger partial charge in [0.25, 0.3) is 0 Å². The number of carbonyl (C=O) groups is 2. The zero-order valence-corrected chi connectivity index (χ0v) is 15.3. The van der Waals surface area contributed by atoms with E-state index in [0.717, 1.165) is 11.1 Å². The number of hydrogen-bond acceptors (Lipinski definition) is 2. The monoisotopic (exact) mass is 334 g/mol. The van der Waals surface area contributed by atoms with Gasteiger partial charge in [-0.05, 0) is 42.4 Å². The topological polar surface area (TPSA) is 34.1 Å². The van der Waals surface area contributed by atoms with Crippen LogP contribution in [0.1, 0.15) is 54.9 Å². The Morgan fingerprint density at radius 3 is 1.68 bits per heavy atom. The van der Waals surface area contributed by atoms with E-state index in [-0.39, 0.29) is 11.6 Å². The van der Waals surface area contributed by atoms with Crippen molar-refractivity contribution in [2.45, 2.75) is 52.4 Å². The van der Waals surface area contributed by atoms with E-state index in [1.807, 2.05) is 43.3 Å². The van der Waals surface area contributed by atoms with Crippen LogP contribution in [-0.2, 0) is 22.4 Å². The van der Waals surface area contributed by atoms with Gasteiger partial charge in [0.2, 0.25) is 0 Å². The zero-order valence-electron chi connectivity index (χ0n) is 15.3. The number of rotatable bonds is 7. The van der Waals surface area contributed by atoms with Crippen molar-refractivity contribution in [2.75, 3.05) is 0 Å². The lowest BCUT2D eigenvalue weighted by atomic mass is 9.87. The molecule has 0 N–H and O–H groups in total. The molecule has 0 aliphatic heterocycles. The lowest BCUT2D eigenvalue weighted by Crippen LogP contribution is -2.28. The van der Waals surface area contributed by atoms with Crippen LogP contribution >= 0.6 is 0 Å². The Kier molecular flexibility index (Phi) is 4.89. The Labute approximate surface area is 150 Å². The maximum absolute atomic E-state index is 12.8. The van der Waals surface area contributed by atoms with E-state index in [9.17, 15) is 9.59 Å². The van der Waals surface area contributed by atoms with Gasteiger partial charge in [-0.25, -0.2) is 0 Å². The molecule has 25 heavy (non-hydrogen) atoms. The third-order valence-corrected chi connectivity index (χ3v) is 5.31. The first-order valence-corrected chi connectivity index (χ1v) is 9.12. The second-order valence-electron chi connectivity index (χ2n) is 7.66. The Hall–Kier alpha value is -2.22. The summed E-state index contributed by atoms with van der Waals surface area (Å²) in [5.74, 6) is 0.651. The summed E-state index contributed by atoms with van der Waals surface area (Å²) in [5.41, 5.74) is 3.73. The van der Waals surface area contributed by atoms with Crippen molar-refractivity contribution < 1.29 is 9.59 Å². The maximum atomic E-state index is 12.8. The average Bonchev–Trinajstić information content (AvgIpc) is 3.39. The van der Waals surface area contributed by atoms with Gasteiger partial charge in [0, 0.05) is 12.8 Å². The molecule has 2 nitrogen and oxygen atoms in total. The first-order valence-electron chi connectivity index (χ1n) is 9.12. The molecule has 1 aliphatic rings. The summed E-state index contributed by atoms with van der Waals surface area (Å²) in [6.07, 6.45) is 2.14. The van der Waals surface area contributed by atoms with Crippen molar-refractivity contribution >= 4 is 11.6 Å². The van der Waals surface area contributed by atoms with E-state index >= 15 is 0 Å². The molecule has 0 heterocycles. The molecule has 130 valence electrons. The molecule has 0 atom stereocenters. The normalized spacial score (nSPS) is 15.2. The largest absolute Gasteiger partial charge is 0.298 e. The summed E-state index contributed by atoms with van der Waals surface area (Å²) >= 11 is 0. The van der Waals surface area contributed by atoms with Gasteiger partial charge >= 0.3 is 0 Å². The van der Waals surface area contributed by atoms with Crippen LogP contribution in [0.3, 0.4) is 0 Å². The number of carbonyl (C=O) groups excluding carboxylic acids is 2. The number of Topliss-reactive ketones (excluding diaryl/α,β-unsaturated/α-hetero) is 2. The number of benzene rings is 2. The van der Waals surface area contributed by atoms with Crippen molar-refractivity contribution in [3.63, 3.8) is 0 Å². The van der Waals surface area contributed by atoms with Crippen LogP contribution in [0.2, 0.25) is 0 Å². The molecule has 0 unspecified atom stereocenters. The van der Waals surface area contributed by atoms with Crippen LogP contribution in [0.25, 0.3) is 0 Å². The number of aryl methyl sites for hydroxylation is 1. The third-order valence-electron chi connectivity index (χ3n) is 5.31. The van der Waals surface area contributed by atoms with E-state index in [2.05, 4.69) is 26.0 Å². The van der Waals surface area contributed by atoms with Gasteiger partial charge in [-0.15, -0.1) is 0 Å². The Morgan fingerprint density at radius 2 is 1.28 bits per heavy atom. The summed E-state index contributed by atoms with van der Waals surface area (Å²) in [7, 11) is 0. The second kappa shape index (κ2) is 6.95. The number of hydrogen-bond donors (Lipinski definition) is 0. The standard InChI is InChI=1S/C23H26O2/c1-16(2)20-10-8-19(9-11-20)15-22(25)23(12-13-23)21(24)14-18-6-4-17(3)5-7-18/h4-11,16H,12-15H2,1-3H3. The van der Waals surface area contributed by atoms with Crippen LogP contribution in [0.4, 0.5) is 0 Å². The van der Waals surface area contributed by atoms with E-state index in [4.69, 9.17) is 0 Å². The smallest absolute Gasteiger partial charge is 0.150 e. The predicted octanol–water partition coefficient (Wildman–Crippen LogP) is 4.82. The van der Waals surface area contributed by atoms with E-state index in [1.54, 1.807) is 0 Å². The fraction of sp³-hybridized carbons (Fsp3) is 0.391. The molecule has 0 bridgehead atoms. The summed E-state index contributed by atoms with van der Waals surface area (Å²) in [6, 6.07) is 16.2. The molecule has 3 rings (SSSR count). The molecule has 2 aromatic carbocycles. The SMILES string of the molecule is Cc1ccc(CC(=O)C2(C(=O)Cc3ccc(C(C)C)cc3)CC2)cc1. The highest BCUT2D eigenvalue weighted by atomic mass is 16.2. The fourth-order valence-corrected chi connectivity index (χ4v) is 3.27. The zero-order chi connectivity index (χ0) is 18.0. The summed E-state index contributed by atoms with van der Waals surface area (Å²) in [4.78, 5) is 25.5. The lowest BCUT2D eigenvalue weighted by molar-refractivity contribution is -0.133. The molecule has 1 aliphatic carbocycles. The van der Waals surface area contributed by atoms with Gasteiger partial charge < -0.3 is 0 Å². The molecule has 0 amide bonds. The van der Waals surface area contributed by atoms with Crippen molar-refractivity contribution in [3.05, 3.63) is 70.8 Å². The van der Waals surface area contributed by atoms with Gasteiger partial charge in [0.1, 0.15) is 0 Å². The molecular weight excluding hydrogens is 308 g/mol. The van der Waals surface area contributed by atoms with E-state index in [0.29, 0.717) is 31.6 Å². The maximum Gasteiger partial charge on any atom is 0.150 e. The minimum atomic E-state index is -0.721. The minimum Gasteiger partial charge on any atom is -0.298 e. The Balaban J connectivity index is 1.66. The van der Waals surface area contributed by atoms with Crippen LogP contribution in [0, 0.1) is 12.3 Å². The highest BCUT2D eigenvalue weighted by molar-refractivity contribution is 6.10. The second-order valence-corrected chi connectivity index (χ2v) is 7.66. The van der Waals surface area contributed by atoms with Crippen molar-refractivity contribution in [1.82, 2.24) is 0 Å². The predicted molar refractivity (Wildman–Crippen MR) is 101 cm³/mol. The van der Waals surface area contributed by atoms with Gasteiger partial charge in [-0.3, -0.25) is 9.59 Å². The summed E-state index contributed by atoms with van der Waals surface area (Å²) < 4.78 is 0. The van der Waals surface area contributed by atoms with Crippen LogP contribution < -0.4 is 0 Å².